The van der Waals surface area contributed by atoms with Crippen molar-refractivity contribution in [2.24, 2.45) is 11.7 Å². The van der Waals surface area contributed by atoms with Gasteiger partial charge in [0.25, 0.3) is 0 Å². The van der Waals surface area contributed by atoms with Crippen LogP contribution in [0.1, 0.15) is 31.2 Å². The first kappa shape index (κ1) is 14.5. The SMILES string of the molecule is NC(CC(=O)Nc1ccc(CCC(=O)O)cc1)C1CC1. The van der Waals surface area contributed by atoms with Gasteiger partial charge in [0.2, 0.25) is 5.91 Å². The number of carboxylic acids is 1. The number of carbonyl (C=O) groups excluding carboxylic acids is 1. The van der Waals surface area contributed by atoms with E-state index in [1.807, 2.05) is 12.1 Å². The summed E-state index contributed by atoms with van der Waals surface area (Å²) in [6, 6.07) is 7.21. The Hall–Kier alpha value is -1.88. The molecule has 0 spiro atoms. The Bertz CT molecular complexity index is 480. The molecule has 20 heavy (non-hydrogen) atoms. The second-order valence-electron chi connectivity index (χ2n) is 5.34. The molecular weight excluding hydrogens is 256 g/mol. The van der Waals surface area contributed by atoms with Gasteiger partial charge < -0.3 is 16.2 Å². The Morgan fingerprint density at radius 2 is 1.95 bits per heavy atom. The minimum atomic E-state index is -0.809. The Labute approximate surface area is 118 Å². The van der Waals surface area contributed by atoms with E-state index in [-0.39, 0.29) is 18.4 Å². The van der Waals surface area contributed by atoms with Gasteiger partial charge in [0.1, 0.15) is 0 Å². The topological polar surface area (TPSA) is 92.4 Å². The average Bonchev–Trinajstić information content (AvgIpc) is 3.22. The lowest BCUT2D eigenvalue weighted by atomic mass is 10.1. The summed E-state index contributed by atoms with van der Waals surface area (Å²) in [6.45, 7) is 0. The van der Waals surface area contributed by atoms with Gasteiger partial charge in [0, 0.05) is 24.6 Å². The van der Waals surface area contributed by atoms with Crippen molar-refractivity contribution in [3.63, 3.8) is 0 Å². The molecule has 1 fully saturated rings. The fourth-order valence-corrected chi connectivity index (χ4v) is 2.12. The highest BCUT2D eigenvalue weighted by atomic mass is 16.4. The van der Waals surface area contributed by atoms with Gasteiger partial charge in [-0.2, -0.15) is 0 Å². The second kappa shape index (κ2) is 6.52. The van der Waals surface area contributed by atoms with E-state index in [2.05, 4.69) is 5.32 Å². The number of nitrogens with two attached hydrogens (primary N) is 1. The molecule has 1 aliphatic rings. The quantitative estimate of drug-likeness (QED) is 0.707. The van der Waals surface area contributed by atoms with E-state index in [4.69, 9.17) is 10.8 Å². The van der Waals surface area contributed by atoms with Crippen molar-refractivity contribution in [3.05, 3.63) is 29.8 Å². The minimum absolute atomic E-state index is 0.0372. The Morgan fingerprint density at radius 1 is 1.30 bits per heavy atom. The highest BCUT2D eigenvalue weighted by Crippen LogP contribution is 2.32. The van der Waals surface area contributed by atoms with Crippen molar-refractivity contribution in [1.82, 2.24) is 0 Å². The Morgan fingerprint density at radius 3 is 2.50 bits per heavy atom. The van der Waals surface area contributed by atoms with E-state index < -0.39 is 5.97 Å². The zero-order valence-corrected chi connectivity index (χ0v) is 11.3. The van der Waals surface area contributed by atoms with Crippen LogP contribution in [-0.2, 0) is 16.0 Å². The van der Waals surface area contributed by atoms with Gasteiger partial charge in [0.15, 0.2) is 0 Å². The van der Waals surface area contributed by atoms with Gasteiger partial charge in [-0.05, 0) is 42.9 Å². The van der Waals surface area contributed by atoms with Crippen molar-refractivity contribution in [1.29, 1.82) is 0 Å². The zero-order valence-electron chi connectivity index (χ0n) is 11.3. The summed E-state index contributed by atoms with van der Waals surface area (Å²) in [6.07, 6.45) is 3.23. The van der Waals surface area contributed by atoms with Gasteiger partial charge in [-0.15, -0.1) is 0 Å². The number of hydrogen-bond acceptors (Lipinski definition) is 3. The summed E-state index contributed by atoms with van der Waals surface area (Å²) in [5.41, 5.74) is 7.57. The predicted octanol–water partition coefficient (Wildman–Crippen LogP) is 1.77. The number of amides is 1. The molecule has 0 aliphatic heterocycles. The number of aryl methyl sites for hydroxylation is 1. The van der Waals surface area contributed by atoms with Crippen LogP contribution in [0.15, 0.2) is 24.3 Å². The summed E-state index contributed by atoms with van der Waals surface area (Å²) >= 11 is 0. The van der Waals surface area contributed by atoms with Crippen LogP contribution in [0, 0.1) is 5.92 Å². The summed E-state index contributed by atoms with van der Waals surface area (Å²) in [5.74, 6) is -0.363. The van der Waals surface area contributed by atoms with Gasteiger partial charge in [-0.3, -0.25) is 9.59 Å². The Balaban J connectivity index is 1.80. The molecule has 0 saturated heterocycles. The molecule has 5 heteroatoms. The number of benzene rings is 1. The number of aliphatic carboxylic acids is 1. The molecule has 0 bridgehead atoms. The average molecular weight is 276 g/mol. The smallest absolute Gasteiger partial charge is 0.303 e. The van der Waals surface area contributed by atoms with E-state index in [1.165, 1.54) is 0 Å². The summed E-state index contributed by atoms with van der Waals surface area (Å²) in [7, 11) is 0. The Kier molecular flexibility index (Phi) is 4.74. The molecule has 5 nitrogen and oxygen atoms in total. The molecule has 2 rings (SSSR count). The molecule has 1 atom stereocenters. The van der Waals surface area contributed by atoms with Crippen molar-refractivity contribution in [3.8, 4) is 0 Å². The lowest BCUT2D eigenvalue weighted by molar-refractivity contribution is -0.137. The molecule has 108 valence electrons. The minimum Gasteiger partial charge on any atom is -0.481 e. The lowest BCUT2D eigenvalue weighted by Gasteiger charge is -2.10. The fraction of sp³-hybridized carbons (Fsp3) is 0.467. The second-order valence-corrected chi connectivity index (χ2v) is 5.34. The maximum absolute atomic E-state index is 11.8. The van der Waals surface area contributed by atoms with Crippen LogP contribution >= 0.6 is 0 Å². The number of rotatable bonds is 7. The van der Waals surface area contributed by atoms with Gasteiger partial charge in [-0.1, -0.05) is 12.1 Å². The maximum atomic E-state index is 11.8. The normalized spacial score (nSPS) is 15.7. The predicted molar refractivity (Wildman–Crippen MR) is 76.3 cm³/mol. The van der Waals surface area contributed by atoms with Gasteiger partial charge >= 0.3 is 5.97 Å². The third-order valence-electron chi connectivity index (χ3n) is 3.51. The molecule has 4 N–H and O–H groups in total. The third-order valence-corrected chi connectivity index (χ3v) is 3.51. The molecule has 1 amide bonds. The van der Waals surface area contributed by atoms with Crippen molar-refractivity contribution >= 4 is 17.6 Å². The van der Waals surface area contributed by atoms with E-state index in [9.17, 15) is 9.59 Å². The lowest BCUT2D eigenvalue weighted by Crippen LogP contribution is -2.28. The van der Waals surface area contributed by atoms with E-state index in [0.717, 1.165) is 24.1 Å². The molecular formula is C15H20N2O3. The van der Waals surface area contributed by atoms with Crippen molar-refractivity contribution < 1.29 is 14.7 Å². The van der Waals surface area contributed by atoms with Gasteiger partial charge in [-0.25, -0.2) is 0 Å². The summed E-state index contributed by atoms with van der Waals surface area (Å²) in [4.78, 5) is 22.3. The fourth-order valence-electron chi connectivity index (χ4n) is 2.12. The molecule has 1 unspecified atom stereocenters. The molecule has 1 saturated carbocycles. The van der Waals surface area contributed by atoms with E-state index in [0.29, 0.717) is 18.8 Å². The van der Waals surface area contributed by atoms with Crippen LogP contribution in [0.2, 0.25) is 0 Å². The highest BCUT2D eigenvalue weighted by molar-refractivity contribution is 5.91. The molecule has 0 radical (unpaired) electrons. The molecule has 0 aromatic heterocycles. The number of carboxylic acid groups (broad SMARTS) is 1. The highest BCUT2D eigenvalue weighted by Gasteiger charge is 2.29. The summed E-state index contributed by atoms with van der Waals surface area (Å²) < 4.78 is 0. The van der Waals surface area contributed by atoms with Crippen LogP contribution < -0.4 is 11.1 Å². The molecule has 1 aromatic rings. The first-order chi connectivity index (χ1) is 9.54. The van der Waals surface area contributed by atoms with Crippen LogP contribution in [0.25, 0.3) is 0 Å². The number of carbonyl (C=O) groups is 2. The molecule has 1 aromatic carbocycles. The van der Waals surface area contributed by atoms with E-state index in [1.54, 1.807) is 12.1 Å². The molecule has 0 heterocycles. The number of hydrogen-bond donors (Lipinski definition) is 3. The number of anilines is 1. The number of nitrogens with one attached hydrogen (secondary N) is 1. The summed E-state index contributed by atoms with van der Waals surface area (Å²) in [5, 5.41) is 11.4. The van der Waals surface area contributed by atoms with E-state index >= 15 is 0 Å². The standard InChI is InChI=1S/C15H20N2O3/c16-13(11-4-5-11)9-14(18)17-12-6-1-10(2-7-12)3-8-15(19)20/h1-2,6-7,11,13H,3-5,8-9,16H2,(H,17,18)(H,19,20). The first-order valence-corrected chi connectivity index (χ1v) is 6.91. The monoisotopic (exact) mass is 276 g/mol. The van der Waals surface area contributed by atoms with Crippen molar-refractivity contribution in [2.45, 2.75) is 38.1 Å². The van der Waals surface area contributed by atoms with Crippen LogP contribution in [0.4, 0.5) is 5.69 Å². The van der Waals surface area contributed by atoms with Crippen LogP contribution in [0.3, 0.4) is 0 Å². The third kappa shape index (κ3) is 4.66. The van der Waals surface area contributed by atoms with Gasteiger partial charge in [0.05, 0.1) is 0 Å². The molecule has 1 aliphatic carbocycles. The maximum Gasteiger partial charge on any atom is 0.303 e. The first-order valence-electron chi connectivity index (χ1n) is 6.91. The van der Waals surface area contributed by atoms with Crippen molar-refractivity contribution in [2.75, 3.05) is 5.32 Å². The van der Waals surface area contributed by atoms with Crippen LogP contribution in [-0.4, -0.2) is 23.0 Å². The largest absolute Gasteiger partial charge is 0.481 e. The van der Waals surface area contributed by atoms with Crippen LogP contribution in [0.5, 0.6) is 0 Å². The zero-order chi connectivity index (χ0) is 14.5.